The summed E-state index contributed by atoms with van der Waals surface area (Å²) < 4.78 is 18.7. The lowest BCUT2D eigenvalue weighted by Gasteiger charge is -2.21. The number of carbonyl (C=O) groups excluding carboxylic acids is 1. The Kier molecular flexibility index (Phi) is 4.98. The molecule has 0 unspecified atom stereocenters. The van der Waals surface area contributed by atoms with Crippen LogP contribution < -0.4 is 0 Å². The van der Waals surface area contributed by atoms with E-state index in [4.69, 9.17) is 21.1 Å². The molecule has 0 saturated carbocycles. The van der Waals surface area contributed by atoms with E-state index in [1.165, 1.54) is 17.0 Å². The summed E-state index contributed by atoms with van der Waals surface area (Å²) >= 11 is 5.94. The number of rotatable bonds is 5. The van der Waals surface area contributed by atoms with Crippen LogP contribution in [0.3, 0.4) is 0 Å². The molecule has 0 saturated heterocycles. The average molecular weight is 312 g/mol. The molecule has 6 heteroatoms. The third kappa shape index (κ3) is 3.83. The van der Waals surface area contributed by atoms with Crippen LogP contribution in [0.1, 0.15) is 21.9 Å². The predicted octanol–water partition coefficient (Wildman–Crippen LogP) is 3.02. The van der Waals surface area contributed by atoms with Gasteiger partial charge in [-0.2, -0.15) is 0 Å². The van der Waals surface area contributed by atoms with Crippen LogP contribution in [0.25, 0.3) is 0 Å². The number of aliphatic hydroxyl groups excluding tert-OH is 1. The van der Waals surface area contributed by atoms with Crippen molar-refractivity contribution in [3.63, 3.8) is 0 Å². The first kappa shape index (κ1) is 15.5. The van der Waals surface area contributed by atoms with Gasteiger partial charge in [-0.25, -0.2) is 4.39 Å². The maximum absolute atomic E-state index is 13.3. The highest BCUT2D eigenvalue weighted by molar-refractivity contribution is 6.33. The van der Waals surface area contributed by atoms with Gasteiger partial charge in [0.25, 0.3) is 5.91 Å². The van der Waals surface area contributed by atoms with Crippen LogP contribution in [0.5, 0.6) is 0 Å². The van der Waals surface area contributed by atoms with Crippen LogP contribution in [-0.4, -0.2) is 29.1 Å². The molecule has 1 N–H and O–H groups in total. The molecule has 0 fully saturated rings. The number of benzene rings is 1. The maximum Gasteiger partial charge on any atom is 0.255 e. The lowest BCUT2D eigenvalue weighted by Crippen LogP contribution is -2.33. The number of carbonyl (C=O) groups is 1. The fourth-order valence-electron chi connectivity index (χ4n) is 1.96. The van der Waals surface area contributed by atoms with E-state index in [2.05, 4.69) is 0 Å². The van der Waals surface area contributed by atoms with Gasteiger partial charge in [-0.1, -0.05) is 11.6 Å². The second-order valence-corrected chi connectivity index (χ2v) is 4.99. The summed E-state index contributed by atoms with van der Waals surface area (Å²) in [6.45, 7) is 1.87. The van der Waals surface area contributed by atoms with Crippen LogP contribution >= 0.6 is 11.6 Å². The minimum atomic E-state index is -0.541. The van der Waals surface area contributed by atoms with Gasteiger partial charge >= 0.3 is 0 Å². The highest BCUT2D eigenvalue weighted by atomic mass is 35.5. The Morgan fingerprint density at radius 1 is 1.38 bits per heavy atom. The molecule has 21 heavy (non-hydrogen) atoms. The minimum Gasteiger partial charge on any atom is -0.464 e. The molecule has 4 nitrogen and oxygen atoms in total. The molecule has 0 aliphatic rings. The Labute approximate surface area is 126 Å². The van der Waals surface area contributed by atoms with E-state index in [9.17, 15) is 9.18 Å². The monoisotopic (exact) mass is 311 g/mol. The summed E-state index contributed by atoms with van der Waals surface area (Å²) in [6.07, 6.45) is 0. The minimum absolute atomic E-state index is 0.0633. The van der Waals surface area contributed by atoms with Gasteiger partial charge in [0.2, 0.25) is 0 Å². The van der Waals surface area contributed by atoms with Crippen molar-refractivity contribution in [1.29, 1.82) is 0 Å². The van der Waals surface area contributed by atoms with Crippen LogP contribution in [0.2, 0.25) is 5.02 Å². The van der Waals surface area contributed by atoms with Gasteiger partial charge in [-0.05, 0) is 37.3 Å². The molecule has 2 aromatic rings. The molecular weight excluding hydrogens is 297 g/mol. The Morgan fingerprint density at radius 3 is 2.76 bits per heavy atom. The predicted molar refractivity (Wildman–Crippen MR) is 76.7 cm³/mol. The number of hydrogen-bond donors (Lipinski definition) is 1. The molecule has 0 bridgehead atoms. The van der Waals surface area contributed by atoms with Crippen molar-refractivity contribution in [3.8, 4) is 0 Å². The summed E-state index contributed by atoms with van der Waals surface area (Å²) in [5.74, 6) is 0.315. The molecule has 1 aromatic heterocycles. The Hall–Kier alpha value is -1.85. The van der Waals surface area contributed by atoms with Crippen molar-refractivity contribution in [2.75, 3.05) is 13.2 Å². The van der Waals surface area contributed by atoms with Gasteiger partial charge in [-0.15, -0.1) is 0 Å². The summed E-state index contributed by atoms with van der Waals surface area (Å²) in [6, 6.07) is 7.14. The Morgan fingerprint density at radius 2 is 2.14 bits per heavy atom. The largest absolute Gasteiger partial charge is 0.464 e. The molecule has 0 spiro atoms. The molecule has 2 rings (SSSR count). The van der Waals surface area contributed by atoms with Crippen molar-refractivity contribution < 1.29 is 18.7 Å². The van der Waals surface area contributed by atoms with Gasteiger partial charge < -0.3 is 14.4 Å². The third-order valence-corrected chi connectivity index (χ3v) is 3.29. The zero-order valence-electron chi connectivity index (χ0n) is 11.5. The first-order valence-corrected chi connectivity index (χ1v) is 6.79. The maximum atomic E-state index is 13.3. The molecule has 1 heterocycles. The molecule has 1 amide bonds. The number of hydrogen-bond acceptors (Lipinski definition) is 3. The van der Waals surface area contributed by atoms with E-state index < -0.39 is 11.7 Å². The van der Waals surface area contributed by atoms with Crippen LogP contribution in [-0.2, 0) is 6.54 Å². The van der Waals surface area contributed by atoms with Gasteiger partial charge in [0.05, 0.1) is 23.7 Å². The van der Waals surface area contributed by atoms with Crippen molar-refractivity contribution >= 4 is 17.5 Å². The lowest BCUT2D eigenvalue weighted by molar-refractivity contribution is 0.0694. The number of amides is 1. The molecule has 112 valence electrons. The van der Waals surface area contributed by atoms with Gasteiger partial charge in [0.15, 0.2) is 0 Å². The smallest absolute Gasteiger partial charge is 0.255 e. The fraction of sp³-hybridized carbons (Fsp3) is 0.267. The molecule has 0 atom stereocenters. The van der Waals surface area contributed by atoms with E-state index in [1.807, 2.05) is 0 Å². The van der Waals surface area contributed by atoms with Crippen LogP contribution in [0.4, 0.5) is 4.39 Å². The Balaban J connectivity index is 2.24. The Bertz CT molecular complexity index is 642. The standard InChI is InChI=1S/C15H15ClFNO3/c1-10-2-4-12(21-10)9-18(6-7-19)15(20)13-8-11(17)3-5-14(13)16/h2-5,8,19H,6-7,9H2,1H3. The number of aryl methyl sites for hydroxylation is 1. The second-order valence-electron chi connectivity index (χ2n) is 4.59. The molecule has 0 aliphatic carbocycles. The van der Waals surface area contributed by atoms with Gasteiger partial charge in [-0.3, -0.25) is 4.79 Å². The van der Waals surface area contributed by atoms with E-state index >= 15 is 0 Å². The summed E-state index contributed by atoms with van der Waals surface area (Å²) in [5.41, 5.74) is 0.0633. The van der Waals surface area contributed by atoms with Crippen molar-refractivity contribution in [3.05, 3.63) is 58.3 Å². The highest BCUT2D eigenvalue weighted by Gasteiger charge is 2.20. The quantitative estimate of drug-likeness (QED) is 0.923. The second kappa shape index (κ2) is 6.74. The number of furan rings is 1. The zero-order valence-corrected chi connectivity index (χ0v) is 12.2. The number of aliphatic hydroxyl groups is 1. The normalized spacial score (nSPS) is 10.7. The first-order chi connectivity index (χ1) is 10.0. The molecular formula is C15H15ClFNO3. The van der Waals surface area contributed by atoms with Crippen molar-refractivity contribution in [2.24, 2.45) is 0 Å². The first-order valence-electron chi connectivity index (χ1n) is 6.41. The molecule has 0 aliphatic heterocycles. The van der Waals surface area contributed by atoms with E-state index in [0.29, 0.717) is 5.76 Å². The lowest BCUT2D eigenvalue weighted by atomic mass is 10.2. The highest BCUT2D eigenvalue weighted by Crippen LogP contribution is 2.20. The SMILES string of the molecule is Cc1ccc(CN(CCO)C(=O)c2cc(F)ccc2Cl)o1. The van der Waals surface area contributed by atoms with Crippen LogP contribution in [0.15, 0.2) is 34.7 Å². The van der Waals surface area contributed by atoms with E-state index in [-0.39, 0.29) is 30.3 Å². The van der Waals surface area contributed by atoms with E-state index in [1.54, 1.807) is 19.1 Å². The fourth-order valence-corrected chi connectivity index (χ4v) is 2.16. The van der Waals surface area contributed by atoms with Gasteiger partial charge in [0, 0.05) is 6.54 Å². The van der Waals surface area contributed by atoms with E-state index in [0.717, 1.165) is 11.8 Å². The topological polar surface area (TPSA) is 53.7 Å². The molecule has 1 aromatic carbocycles. The van der Waals surface area contributed by atoms with Gasteiger partial charge in [0.1, 0.15) is 17.3 Å². The molecule has 0 radical (unpaired) electrons. The summed E-state index contributed by atoms with van der Waals surface area (Å²) in [4.78, 5) is 13.8. The van der Waals surface area contributed by atoms with Crippen molar-refractivity contribution in [1.82, 2.24) is 4.90 Å². The van der Waals surface area contributed by atoms with Crippen molar-refractivity contribution in [2.45, 2.75) is 13.5 Å². The third-order valence-electron chi connectivity index (χ3n) is 2.96. The summed E-state index contributed by atoms with van der Waals surface area (Å²) in [5, 5.41) is 9.27. The number of halogens is 2. The van der Waals surface area contributed by atoms with Crippen LogP contribution in [0, 0.1) is 12.7 Å². The number of nitrogens with zero attached hydrogens (tertiary/aromatic N) is 1. The summed E-state index contributed by atoms with van der Waals surface area (Å²) in [7, 11) is 0. The zero-order chi connectivity index (χ0) is 15.4. The average Bonchev–Trinajstić information content (AvgIpc) is 2.86.